The normalized spacial score (nSPS) is 9.91. The molecule has 0 aliphatic heterocycles. The summed E-state index contributed by atoms with van der Waals surface area (Å²) in [7, 11) is 0. The van der Waals surface area contributed by atoms with Crippen LogP contribution in [0.3, 0.4) is 0 Å². The summed E-state index contributed by atoms with van der Waals surface area (Å²) in [6, 6.07) is 15.5. The quantitative estimate of drug-likeness (QED) is 0.323. The molecule has 0 bridgehead atoms. The molecule has 0 fully saturated rings. The summed E-state index contributed by atoms with van der Waals surface area (Å²) in [5, 5.41) is 15.0. The molecule has 2 aromatic rings. The second kappa shape index (κ2) is 8.46. The van der Waals surface area contributed by atoms with Gasteiger partial charge in [-0.1, -0.05) is 47.6 Å². The lowest BCUT2D eigenvalue weighted by Crippen LogP contribution is -2.08. The topological polar surface area (TPSA) is 98.1 Å². The minimum absolute atomic E-state index is 0.485. The van der Waals surface area contributed by atoms with Gasteiger partial charge in [0, 0.05) is 17.0 Å². The highest BCUT2D eigenvalue weighted by Crippen LogP contribution is 2.29. The molecule has 0 saturated heterocycles. The average molecular weight is 310 g/mol. The number of carboxylic acid groups (broad SMARTS) is 1. The lowest BCUT2D eigenvalue weighted by Gasteiger charge is -2.12. The summed E-state index contributed by atoms with van der Waals surface area (Å²) in [4.78, 5) is 13.8. The predicted molar refractivity (Wildman–Crippen MR) is 90.5 cm³/mol. The van der Waals surface area contributed by atoms with Crippen molar-refractivity contribution in [3.63, 3.8) is 0 Å². The van der Waals surface area contributed by atoms with E-state index in [1.54, 1.807) is 0 Å². The van der Waals surface area contributed by atoms with Crippen LogP contribution in [0.25, 0.3) is 21.6 Å². The molecule has 0 radical (unpaired) electrons. The average Bonchev–Trinajstić information content (AvgIpc) is 2.55. The molecule has 118 valence electrons. The zero-order chi connectivity index (χ0) is 16.5. The summed E-state index contributed by atoms with van der Waals surface area (Å²) in [5.41, 5.74) is 11.7. The van der Waals surface area contributed by atoms with Gasteiger partial charge in [-0.15, -0.1) is 0 Å². The van der Waals surface area contributed by atoms with Gasteiger partial charge in [0.05, 0.1) is 5.69 Å². The zero-order valence-electron chi connectivity index (χ0n) is 12.6. The number of nitrogens with one attached hydrogen (secondary N) is 1. The van der Waals surface area contributed by atoms with Crippen LogP contribution in [0.4, 0.5) is 10.5 Å². The third kappa shape index (κ3) is 5.05. The van der Waals surface area contributed by atoms with E-state index in [-0.39, 0.29) is 0 Å². The summed E-state index contributed by atoms with van der Waals surface area (Å²) in [5.74, 6) is 0. The SMILES string of the molecule is [N-]=[N+]=NCCCCc1ccc(-c2ccccc2)c(NC(=O)O)c1. The van der Waals surface area contributed by atoms with Crippen LogP contribution < -0.4 is 5.32 Å². The molecule has 0 saturated carbocycles. The maximum Gasteiger partial charge on any atom is 0.409 e. The number of hydrogen-bond donors (Lipinski definition) is 2. The van der Waals surface area contributed by atoms with Gasteiger partial charge in [0.25, 0.3) is 0 Å². The van der Waals surface area contributed by atoms with E-state index in [1.807, 2.05) is 48.5 Å². The predicted octanol–water partition coefficient (Wildman–Crippen LogP) is 5.08. The fourth-order valence-corrected chi connectivity index (χ4v) is 2.39. The van der Waals surface area contributed by atoms with E-state index in [4.69, 9.17) is 10.6 Å². The van der Waals surface area contributed by atoms with Crippen molar-refractivity contribution in [1.82, 2.24) is 0 Å². The number of azide groups is 1. The van der Waals surface area contributed by atoms with E-state index in [1.165, 1.54) is 0 Å². The number of anilines is 1. The Hall–Kier alpha value is -2.98. The smallest absolute Gasteiger partial charge is 0.409 e. The van der Waals surface area contributed by atoms with E-state index in [0.717, 1.165) is 36.0 Å². The van der Waals surface area contributed by atoms with Gasteiger partial charge in [0.15, 0.2) is 0 Å². The van der Waals surface area contributed by atoms with Crippen LogP contribution in [0.2, 0.25) is 0 Å². The van der Waals surface area contributed by atoms with Gasteiger partial charge < -0.3 is 5.11 Å². The van der Waals surface area contributed by atoms with E-state index in [9.17, 15) is 4.79 Å². The highest BCUT2D eigenvalue weighted by Gasteiger charge is 2.08. The molecule has 0 aliphatic rings. The highest BCUT2D eigenvalue weighted by atomic mass is 16.4. The monoisotopic (exact) mass is 310 g/mol. The first-order valence-electron chi connectivity index (χ1n) is 7.40. The standard InChI is InChI=1S/C17H18N4O2/c18-21-19-11-5-4-6-13-9-10-15(14-7-2-1-3-8-14)16(12-13)20-17(22)23/h1-3,7-10,12,20H,4-6,11H2,(H,22,23). The Kier molecular flexibility index (Phi) is 6.03. The van der Waals surface area contributed by atoms with Crippen molar-refractivity contribution in [2.45, 2.75) is 19.3 Å². The largest absolute Gasteiger partial charge is 0.465 e. The molecule has 1 amide bonds. The van der Waals surface area contributed by atoms with E-state index in [0.29, 0.717) is 12.2 Å². The van der Waals surface area contributed by atoms with Gasteiger partial charge in [-0.25, -0.2) is 4.79 Å². The molecular formula is C17H18N4O2. The molecule has 0 heterocycles. The van der Waals surface area contributed by atoms with Gasteiger partial charge in [-0.05, 0) is 42.0 Å². The van der Waals surface area contributed by atoms with Crippen LogP contribution in [0.1, 0.15) is 18.4 Å². The number of nitrogens with zero attached hydrogens (tertiary/aromatic N) is 3. The van der Waals surface area contributed by atoms with Crippen LogP contribution in [-0.2, 0) is 6.42 Å². The fraction of sp³-hybridized carbons (Fsp3) is 0.235. The summed E-state index contributed by atoms with van der Waals surface area (Å²) in [6.07, 6.45) is 1.43. The number of benzene rings is 2. The number of hydrogen-bond acceptors (Lipinski definition) is 2. The Bertz CT molecular complexity index is 710. The number of aryl methyl sites for hydroxylation is 1. The molecule has 0 unspecified atom stereocenters. The minimum atomic E-state index is -1.08. The van der Waals surface area contributed by atoms with E-state index >= 15 is 0 Å². The van der Waals surface area contributed by atoms with Crippen LogP contribution in [-0.4, -0.2) is 17.7 Å². The lowest BCUT2D eigenvalue weighted by molar-refractivity contribution is 0.210. The molecule has 2 N–H and O–H groups in total. The third-order valence-corrected chi connectivity index (χ3v) is 3.45. The van der Waals surface area contributed by atoms with Crippen LogP contribution >= 0.6 is 0 Å². The first-order chi connectivity index (χ1) is 11.2. The van der Waals surface area contributed by atoms with Crippen molar-refractivity contribution in [3.8, 4) is 11.1 Å². The molecule has 23 heavy (non-hydrogen) atoms. The van der Waals surface area contributed by atoms with E-state index in [2.05, 4.69) is 15.3 Å². The first kappa shape index (κ1) is 16.4. The van der Waals surface area contributed by atoms with Gasteiger partial charge in [0.1, 0.15) is 0 Å². The molecule has 0 aromatic heterocycles. The van der Waals surface area contributed by atoms with Crippen molar-refractivity contribution in [2.75, 3.05) is 11.9 Å². The maximum atomic E-state index is 11.0. The molecule has 0 atom stereocenters. The third-order valence-electron chi connectivity index (χ3n) is 3.45. The Morgan fingerprint density at radius 2 is 1.96 bits per heavy atom. The van der Waals surface area contributed by atoms with E-state index < -0.39 is 6.09 Å². The van der Waals surface area contributed by atoms with Crippen LogP contribution in [0.15, 0.2) is 53.6 Å². The molecule has 2 aromatic carbocycles. The Morgan fingerprint density at radius 1 is 1.17 bits per heavy atom. The molecule has 0 spiro atoms. The number of carbonyl (C=O) groups is 1. The highest BCUT2D eigenvalue weighted by molar-refractivity contribution is 5.90. The van der Waals surface area contributed by atoms with Gasteiger partial charge >= 0.3 is 6.09 Å². The maximum absolute atomic E-state index is 11.0. The van der Waals surface area contributed by atoms with Crippen LogP contribution in [0, 0.1) is 0 Å². The summed E-state index contributed by atoms with van der Waals surface area (Å²) in [6.45, 7) is 0.485. The molecule has 6 heteroatoms. The Morgan fingerprint density at radius 3 is 2.65 bits per heavy atom. The number of amides is 1. The lowest BCUT2D eigenvalue weighted by atomic mass is 9.99. The number of rotatable bonds is 7. The second-order valence-corrected chi connectivity index (χ2v) is 5.09. The minimum Gasteiger partial charge on any atom is -0.465 e. The van der Waals surface area contributed by atoms with Gasteiger partial charge in [-0.2, -0.15) is 0 Å². The Labute approximate surface area is 134 Å². The summed E-state index contributed by atoms with van der Waals surface area (Å²) >= 11 is 0. The van der Waals surface area contributed by atoms with Crippen molar-refractivity contribution < 1.29 is 9.90 Å². The second-order valence-electron chi connectivity index (χ2n) is 5.09. The zero-order valence-corrected chi connectivity index (χ0v) is 12.6. The molecular weight excluding hydrogens is 292 g/mol. The first-order valence-corrected chi connectivity index (χ1v) is 7.40. The van der Waals surface area contributed by atoms with Crippen molar-refractivity contribution in [2.24, 2.45) is 5.11 Å². The Balaban J connectivity index is 2.17. The van der Waals surface area contributed by atoms with Crippen molar-refractivity contribution >= 4 is 11.8 Å². The number of unbranched alkanes of at least 4 members (excludes halogenated alkanes) is 1. The van der Waals surface area contributed by atoms with Crippen molar-refractivity contribution in [1.29, 1.82) is 0 Å². The van der Waals surface area contributed by atoms with Crippen molar-refractivity contribution in [3.05, 3.63) is 64.5 Å². The summed E-state index contributed by atoms with van der Waals surface area (Å²) < 4.78 is 0. The molecule has 6 nitrogen and oxygen atoms in total. The fourth-order valence-electron chi connectivity index (χ4n) is 2.39. The van der Waals surface area contributed by atoms with Gasteiger partial charge in [0.2, 0.25) is 0 Å². The molecule has 2 rings (SSSR count). The van der Waals surface area contributed by atoms with Gasteiger partial charge in [-0.3, -0.25) is 5.32 Å². The molecule has 0 aliphatic carbocycles. The van der Waals surface area contributed by atoms with Crippen LogP contribution in [0.5, 0.6) is 0 Å².